The number of benzene rings is 1. The quantitative estimate of drug-likeness (QED) is 0.856. The third kappa shape index (κ3) is 4.60. The van der Waals surface area contributed by atoms with Crippen LogP contribution in [0.25, 0.3) is 0 Å². The zero-order valence-electron chi connectivity index (χ0n) is 12.5. The van der Waals surface area contributed by atoms with Crippen LogP contribution in [0.5, 0.6) is 0 Å². The van der Waals surface area contributed by atoms with Gasteiger partial charge in [0.1, 0.15) is 5.69 Å². The van der Waals surface area contributed by atoms with E-state index in [-0.39, 0.29) is 5.91 Å². The summed E-state index contributed by atoms with van der Waals surface area (Å²) in [6.45, 7) is 5.51. The number of amides is 1. The molecule has 0 spiro atoms. The van der Waals surface area contributed by atoms with Gasteiger partial charge in [0.2, 0.25) is 0 Å². The molecule has 2 N–H and O–H groups in total. The first kappa shape index (κ1) is 15.0. The molecule has 4 nitrogen and oxygen atoms in total. The third-order valence-electron chi connectivity index (χ3n) is 3.11. The van der Waals surface area contributed by atoms with Crippen LogP contribution in [0.1, 0.15) is 35.0 Å². The number of carbonyl (C=O) groups is 1. The van der Waals surface area contributed by atoms with E-state index in [9.17, 15) is 4.79 Å². The first-order valence-corrected chi connectivity index (χ1v) is 7.22. The molecule has 0 saturated carbocycles. The molecular formula is C17H21N3O. The summed E-state index contributed by atoms with van der Waals surface area (Å²) in [4.78, 5) is 15.9. The van der Waals surface area contributed by atoms with Crippen LogP contribution in [-0.2, 0) is 6.54 Å². The Morgan fingerprint density at radius 1 is 1.24 bits per heavy atom. The van der Waals surface area contributed by atoms with Crippen molar-refractivity contribution in [2.75, 3.05) is 11.9 Å². The van der Waals surface area contributed by atoms with Crippen molar-refractivity contribution in [3.63, 3.8) is 0 Å². The Hall–Kier alpha value is -2.36. The average molecular weight is 283 g/mol. The van der Waals surface area contributed by atoms with Crippen molar-refractivity contribution in [1.29, 1.82) is 0 Å². The second-order valence-corrected chi connectivity index (χ2v) is 5.03. The van der Waals surface area contributed by atoms with Crippen molar-refractivity contribution < 1.29 is 4.79 Å². The highest BCUT2D eigenvalue weighted by atomic mass is 16.1. The largest absolute Gasteiger partial charge is 0.380 e. The number of pyridine rings is 1. The predicted molar refractivity (Wildman–Crippen MR) is 85.4 cm³/mol. The van der Waals surface area contributed by atoms with E-state index in [4.69, 9.17) is 0 Å². The standard InChI is InChI=1S/C17H21N3O/c1-3-9-18-17(21)16-8-7-15(12-20-16)19-11-14-6-4-5-13(2)10-14/h4-8,10,12,19H,3,9,11H2,1-2H3,(H,18,21). The second-order valence-electron chi connectivity index (χ2n) is 5.03. The summed E-state index contributed by atoms with van der Waals surface area (Å²) in [5.41, 5.74) is 3.82. The van der Waals surface area contributed by atoms with Crippen LogP contribution in [0.3, 0.4) is 0 Å². The molecule has 0 fully saturated rings. The zero-order valence-corrected chi connectivity index (χ0v) is 12.5. The van der Waals surface area contributed by atoms with Crippen LogP contribution < -0.4 is 10.6 Å². The van der Waals surface area contributed by atoms with Crippen molar-refractivity contribution in [1.82, 2.24) is 10.3 Å². The lowest BCUT2D eigenvalue weighted by Gasteiger charge is -2.08. The highest BCUT2D eigenvalue weighted by molar-refractivity contribution is 5.92. The molecule has 0 atom stereocenters. The summed E-state index contributed by atoms with van der Waals surface area (Å²) in [6, 6.07) is 12.0. The van der Waals surface area contributed by atoms with Gasteiger partial charge in [-0.3, -0.25) is 4.79 Å². The Bertz CT molecular complexity index is 593. The highest BCUT2D eigenvalue weighted by Crippen LogP contribution is 2.10. The molecule has 1 aromatic carbocycles. The van der Waals surface area contributed by atoms with E-state index in [0.717, 1.165) is 18.7 Å². The van der Waals surface area contributed by atoms with Crippen LogP contribution in [0.15, 0.2) is 42.6 Å². The summed E-state index contributed by atoms with van der Waals surface area (Å²) in [5.74, 6) is -0.123. The number of hydrogen-bond donors (Lipinski definition) is 2. The van der Waals surface area contributed by atoms with E-state index < -0.39 is 0 Å². The molecule has 21 heavy (non-hydrogen) atoms. The predicted octanol–water partition coefficient (Wildman–Crippen LogP) is 3.14. The molecule has 0 bridgehead atoms. The Kier molecular flexibility index (Phi) is 5.32. The zero-order chi connectivity index (χ0) is 15.1. The molecule has 2 rings (SSSR count). The van der Waals surface area contributed by atoms with Crippen LogP contribution in [-0.4, -0.2) is 17.4 Å². The molecule has 0 aliphatic carbocycles. The number of hydrogen-bond acceptors (Lipinski definition) is 3. The molecule has 1 amide bonds. The Morgan fingerprint density at radius 2 is 2.10 bits per heavy atom. The van der Waals surface area contributed by atoms with Crippen LogP contribution >= 0.6 is 0 Å². The number of nitrogens with one attached hydrogen (secondary N) is 2. The average Bonchev–Trinajstić information content (AvgIpc) is 2.51. The molecule has 1 aromatic heterocycles. The van der Waals surface area contributed by atoms with Gasteiger partial charge < -0.3 is 10.6 Å². The van der Waals surface area contributed by atoms with Crippen LogP contribution in [0, 0.1) is 6.92 Å². The maximum Gasteiger partial charge on any atom is 0.269 e. The van der Waals surface area contributed by atoms with Crippen molar-refractivity contribution in [2.45, 2.75) is 26.8 Å². The minimum absolute atomic E-state index is 0.123. The first-order chi connectivity index (χ1) is 10.2. The first-order valence-electron chi connectivity index (χ1n) is 7.22. The SMILES string of the molecule is CCCNC(=O)c1ccc(NCc2cccc(C)c2)cn1. The molecule has 0 aliphatic rings. The van der Waals surface area contributed by atoms with Gasteiger partial charge in [-0.05, 0) is 31.0 Å². The molecular weight excluding hydrogens is 262 g/mol. The van der Waals surface area contributed by atoms with Gasteiger partial charge in [0.25, 0.3) is 5.91 Å². The van der Waals surface area contributed by atoms with Crippen LogP contribution in [0.4, 0.5) is 5.69 Å². The maximum absolute atomic E-state index is 11.7. The van der Waals surface area contributed by atoms with Crippen molar-refractivity contribution in [3.05, 3.63) is 59.4 Å². The number of rotatable bonds is 6. The Morgan fingerprint density at radius 3 is 2.76 bits per heavy atom. The smallest absolute Gasteiger partial charge is 0.269 e. The number of carbonyl (C=O) groups excluding carboxylic acids is 1. The number of nitrogens with zero attached hydrogens (tertiary/aromatic N) is 1. The molecule has 110 valence electrons. The van der Waals surface area contributed by atoms with Gasteiger partial charge in [-0.2, -0.15) is 0 Å². The minimum atomic E-state index is -0.123. The minimum Gasteiger partial charge on any atom is -0.380 e. The van der Waals surface area contributed by atoms with Gasteiger partial charge in [0.15, 0.2) is 0 Å². The van der Waals surface area contributed by atoms with Gasteiger partial charge in [0, 0.05) is 13.1 Å². The lowest BCUT2D eigenvalue weighted by molar-refractivity contribution is 0.0949. The normalized spacial score (nSPS) is 10.2. The van der Waals surface area contributed by atoms with Crippen LogP contribution in [0.2, 0.25) is 0 Å². The fraction of sp³-hybridized carbons (Fsp3) is 0.294. The fourth-order valence-corrected chi connectivity index (χ4v) is 1.99. The highest BCUT2D eigenvalue weighted by Gasteiger charge is 2.05. The molecule has 0 radical (unpaired) electrons. The van der Waals surface area contributed by atoms with Gasteiger partial charge in [-0.25, -0.2) is 4.98 Å². The third-order valence-corrected chi connectivity index (χ3v) is 3.11. The lowest BCUT2D eigenvalue weighted by atomic mass is 10.1. The number of aryl methyl sites for hydroxylation is 1. The summed E-state index contributed by atoms with van der Waals surface area (Å²) in [7, 11) is 0. The molecule has 0 aliphatic heterocycles. The maximum atomic E-state index is 11.7. The number of aromatic nitrogens is 1. The number of anilines is 1. The molecule has 1 heterocycles. The second kappa shape index (κ2) is 7.43. The monoisotopic (exact) mass is 283 g/mol. The summed E-state index contributed by atoms with van der Waals surface area (Å²) < 4.78 is 0. The van der Waals surface area contributed by atoms with Gasteiger partial charge in [0.05, 0.1) is 11.9 Å². The van der Waals surface area contributed by atoms with Gasteiger partial charge in [-0.15, -0.1) is 0 Å². The topological polar surface area (TPSA) is 54.0 Å². The molecule has 4 heteroatoms. The fourth-order valence-electron chi connectivity index (χ4n) is 1.99. The van der Waals surface area contributed by atoms with Crippen molar-refractivity contribution in [2.24, 2.45) is 0 Å². The van der Waals surface area contributed by atoms with E-state index >= 15 is 0 Å². The molecule has 2 aromatic rings. The van der Waals surface area contributed by atoms with Crippen molar-refractivity contribution >= 4 is 11.6 Å². The van der Waals surface area contributed by atoms with E-state index in [2.05, 4.69) is 40.7 Å². The lowest BCUT2D eigenvalue weighted by Crippen LogP contribution is -2.24. The van der Waals surface area contributed by atoms with E-state index in [0.29, 0.717) is 12.2 Å². The molecule has 0 saturated heterocycles. The van der Waals surface area contributed by atoms with Gasteiger partial charge >= 0.3 is 0 Å². The van der Waals surface area contributed by atoms with E-state index in [1.54, 1.807) is 12.3 Å². The Labute approximate surface area is 125 Å². The van der Waals surface area contributed by atoms with E-state index in [1.807, 2.05) is 19.1 Å². The Balaban J connectivity index is 1.92. The van der Waals surface area contributed by atoms with E-state index in [1.165, 1.54) is 11.1 Å². The van der Waals surface area contributed by atoms with Gasteiger partial charge in [-0.1, -0.05) is 36.8 Å². The summed E-state index contributed by atoms with van der Waals surface area (Å²) >= 11 is 0. The van der Waals surface area contributed by atoms with Crippen molar-refractivity contribution in [3.8, 4) is 0 Å². The summed E-state index contributed by atoms with van der Waals surface area (Å²) in [6.07, 6.45) is 2.61. The molecule has 0 unspecified atom stereocenters. The summed E-state index contributed by atoms with van der Waals surface area (Å²) in [5, 5.41) is 6.11.